The van der Waals surface area contributed by atoms with Crippen molar-refractivity contribution in [1.82, 2.24) is 10.2 Å². The van der Waals surface area contributed by atoms with Crippen LogP contribution in [0, 0.1) is 23.2 Å². The van der Waals surface area contributed by atoms with Crippen molar-refractivity contribution in [3.8, 4) is 6.07 Å². The molecule has 2 aliphatic rings. The fourth-order valence-corrected chi connectivity index (χ4v) is 2.65. The smallest absolute Gasteiger partial charge is 0.122 e. The quantitative estimate of drug-likeness (QED) is 0.610. The molecule has 2 rings (SSSR count). The minimum atomic E-state index is -0.347. The maximum absolute atomic E-state index is 9.55. The molecule has 0 aromatic rings. The highest BCUT2D eigenvalue weighted by atomic mass is 16.5. The van der Waals surface area contributed by atoms with Crippen LogP contribution < -0.4 is 5.32 Å². The molecule has 0 saturated heterocycles. The van der Waals surface area contributed by atoms with Crippen molar-refractivity contribution in [3.63, 3.8) is 0 Å². The molecule has 0 radical (unpaired) electrons. The van der Waals surface area contributed by atoms with E-state index in [1.54, 1.807) is 0 Å². The molecule has 1 atom stereocenters. The van der Waals surface area contributed by atoms with Crippen LogP contribution in [-0.2, 0) is 4.74 Å². The molecule has 0 amide bonds. The zero-order chi connectivity index (χ0) is 13.7. The largest absolute Gasteiger partial charge is 0.380 e. The molecule has 2 fully saturated rings. The van der Waals surface area contributed by atoms with E-state index in [2.05, 4.69) is 30.3 Å². The lowest BCUT2D eigenvalue weighted by Crippen LogP contribution is -2.54. The molecule has 2 aliphatic carbocycles. The number of hydrogen-bond acceptors (Lipinski definition) is 4. The first-order chi connectivity index (χ1) is 9.20. The minimum absolute atomic E-state index is 0.347. The number of ether oxygens (including phenoxy) is 1. The molecule has 1 unspecified atom stereocenters. The predicted molar refractivity (Wildman–Crippen MR) is 75.8 cm³/mol. The van der Waals surface area contributed by atoms with E-state index in [1.165, 1.54) is 25.7 Å². The molecule has 19 heavy (non-hydrogen) atoms. The second-order valence-corrected chi connectivity index (χ2v) is 6.14. The van der Waals surface area contributed by atoms with Gasteiger partial charge in [-0.15, -0.1) is 0 Å². The van der Waals surface area contributed by atoms with Crippen LogP contribution in [0.2, 0.25) is 0 Å². The molecule has 0 heterocycles. The summed E-state index contributed by atoms with van der Waals surface area (Å²) in [6.07, 6.45) is 5.06. The third kappa shape index (κ3) is 4.45. The van der Waals surface area contributed by atoms with E-state index < -0.39 is 0 Å². The van der Waals surface area contributed by atoms with Gasteiger partial charge in [-0.05, 0) is 51.1 Å². The van der Waals surface area contributed by atoms with Crippen LogP contribution >= 0.6 is 0 Å². The molecule has 0 bridgehead atoms. The average molecular weight is 265 g/mol. The molecule has 0 spiro atoms. The summed E-state index contributed by atoms with van der Waals surface area (Å²) < 4.78 is 5.67. The van der Waals surface area contributed by atoms with E-state index in [0.29, 0.717) is 5.92 Å². The summed E-state index contributed by atoms with van der Waals surface area (Å²) in [5, 5.41) is 13.0. The Hall–Kier alpha value is -0.630. The van der Waals surface area contributed by atoms with Gasteiger partial charge in [0.2, 0.25) is 0 Å². The van der Waals surface area contributed by atoms with Crippen LogP contribution in [0.4, 0.5) is 0 Å². The van der Waals surface area contributed by atoms with Gasteiger partial charge in [0.15, 0.2) is 0 Å². The lowest BCUT2D eigenvalue weighted by Gasteiger charge is -2.32. The number of hydrogen-bond donors (Lipinski definition) is 1. The van der Waals surface area contributed by atoms with Gasteiger partial charge < -0.3 is 9.64 Å². The van der Waals surface area contributed by atoms with Crippen molar-refractivity contribution in [2.75, 3.05) is 39.9 Å². The Kier molecular flexibility index (Phi) is 5.20. The topological polar surface area (TPSA) is 48.3 Å². The molecular weight excluding hydrogens is 238 g/mol. The van der Waals surface area contributed by atoms with Crippen LogP contribution in [0.3, 0.4) is 0 Å². The Balaban J connectivity index is 1.70. The average Bonchev–Trinajstić information content (AvgIpc) is 3.27. The normalized spacial score (nSPS) is 22.2. The van der Waals surface area contributed by atoms with Crippen molar-refractivity contribution < 1.29 is 4.74 Å². The standard InChI is InChI=1S/C15H27N3O/c1-3-17-15(11-16,14-6-7-14)12-18(2)8-9-19-10-13-4-5-13/h13-14,17H,3-10,12H2,1-2H3. The van der Waals surface area contributed by atoms with Crippen LogP contribution in [0.1, 0.15) is 32.6 Å². The van der Waals surface area contributed by atoms with E-state index in [1.807, 2.05) is 0 Å². The number of rotatable bonds is 10. The van der Waals surface area contributed by atoms with Crippen molar-refractivity contribution in [2.45, 2.75) is 38.1 Å². The Morgan fingerprint density at radius 1 is 1.37 bits per heavy atom. The van der Waals surface area contributed by atoms with E-state index in [0.717, 1.165) is 38.8 Å². The fraction of sp³-hybridized carbons (Fsp3) is 0.933. The Morgan fingerprint density at radius 3 is 2.63 bits per heavy atom. The van der Waals surface area contributed by atoms with Gasteiger partial charge in [0, 0.05) is 19.7 Å². The summed E-state index contributed by atoms with van der Waals surface area (Å²) in [4.78, 5) is 2.23. The SMILES string of the molecule is CCNC(C#N)(CN(C)CCOCC1CC1)C1CC1. The number of nitriles is 1. The number of nitrogens with zero attached hydrogens (tertiary/aromatic N) is 2. The fourth-order valence-electron chi connectivity index (χ4n) is 2.65. The van der Waals surface area contributed by atoms with Gasteiger partial charge >= 0.3 is 0 Å². The van der Waals surface area contributed by atoms with E-state index in [-0.39, 0.29) is 5.54 Å². The van der Waals surface area contributed by atoms with Crippen LogP contribution in [0.25, 0.3) is 0 Å². The molecule has 2 saturated carbocycles. The summed E-state index contributed by atoms with van der Waals surface area (Å²) in [6.45, 7) is 6.35. The molecule has 1 N–H and O–H groups in total. The number of nitrogens with one attached hydrogen (secondary N) is 1. The summed E-state index contributed by atoms with van der Waals surface area (Å²) in [7, 11) is 2.09. The first kappa shape index (κ1) is 14.8. The monoisotopic (exact) mass is 265 g/mol. The lowest BCUT2D eigenvalue weighted by molar-refractivity contribution is 0.0959. The van der Waals surface area contributed by atoms with E-state index in [9.17, 15) is 5.26 Å². The van der Waals surface area contributed by atoms with Gasteiger partial charge in [-0.3, -0.25) is 5.32 Å². The summed E-state index contributed by atoms with van der Waals surface area (Å²) >= 11 is 0. The second kappa shape index (κ2) is 6.69. The molecule has 0 aliphatic heterocycles. The van der Waals surface area contributed by atoms with Crippen molar-refractivity contribution in [1.29, 1.82) is 5.26 Å². The molecule has 0 aromatic heterocycles. The maximum atomic E-state index is 9.55. The zero-order valence-corrected chi connectivity index (χ0v) is 12.3. The third-order valence-electron chi connectivity index (χ3n) is 4.15. The van der Waals surface area contributed by atoms with Crippen LogP contribution in [0.5, 0.6) is 0 Å². The molecule has 108 valence electrons. The van der Waals surface area contributed by atoms with Crippen molar-refractivity contribution in [3.05, 3.63) is 0 Å². The van der Waals surface area contributed by atoms with E-state index in [4.69, 9.17) is 4.74 Å². The number of likely N-dealkylation sites (N-methyl/N-ethyl adjacent to an activating group) is 2. The van der Waals surface area contributed by atoms with Gasteiger partial charge in [0.05, 0.1) is 12.7 Å². The van der Waals surface area contributed by atoms with Gasteiger partial charge in [-0.25, -0.2) is 0 Å². The van der Waals surface area contributed by atoms with Crippen LogP contribution in [0.15, 0.2) is 0 Å². The first-order valence-corrected chi connectivity index (χ1v) is 7.62. The summed E-state index contributed by atoms with van der Waals surface area (Å²) in [6, 6.07) is 2.53. The molecule has 0 aromatic carbocycles. The van der Waals surface area contributed by atoms with E-state index >= 15 is 0 Å². The van der Waals surface area contributed by atoms with Crippen LogP contribution in [-0.4, -0.2) is 50.3 Å². The highest BCUT2D eigenvalue weighted by molar-refractivity contribution is 5.16. The van der Waals surface area contributed by atoms with Crippen molar-refractivity contribution in [2.24, 2.45) is 11.8 Å². The minimum Gasteiger partial charge on any atom is -0.380 e. The lowest BCUT2D eigenvalue weighted by atomic mass is 9.94. The molecule has 4 nitrogen and oxygen atoms in total. The Morgan fingerprint density at radius 2 is 2.11 bits per heavy atom. The summed E-state index contributed by atoms with van der Waals surface area (Å²) in [5.41, 5.74) is -0.347. The van der Waals surface area contributed by atoms with Gasteiger partial charge in [0.25, 0.3) is 0 Å². The highest BCUT2D eigenvalue weighted by Crippen LogP contribution is 2.39. The summed E-state index contributed by atoms with van der Waals surface area (Å²) in [5.74, 6) is 1.36. The Bertz CT molecular complexity index is 320. The maximum Gasteiger partial charge on any atom is 0.122 e. The van der Waals surface area contributed by atoms with Gasteiger partial charge in [-0.2, -0.15) is 5.26 Å². The third-order valence-corrected chi connectivity index (χ3v) is 4.15. The van der Waals surface area contributed by atoms with Gasteiger partial charge in [0.1, 0.15) is 5.54 Å². The van der Waals surface area contributed by atoms with Crippen molar-refractivity contribution >= 4 is 0 Å². The second-order valence-electron chi connectivity index (χ2n) is 6.14. The molecule has 4 heteroatoms. The highest BCUT2D eigenvalue weighted by Gasteiger charge is 2.45. The molecular formula is C15H27N3O. The predicted octanol–water partition coefficient (Wildman–Crippen LogP) is 1.63. The Labute approximate surface area is 117 Å². The van der Waals surface area contributed by atoms with Gasteiger partial charge in [-0.1, -0.05) is 6.92 Å². The first-order valence-electron chi connectivity index (χ1n) is 7.62. The zero-order valence-electron chi connectivity index (χ0n) is 12.3.